The number of ketones is 1. The van der Waals surface area contributed by atoms with Crippen molar-refractivity contribution < 1.29 is 18.8 Å². The molecule has 0 radical (unpaired) electrons. The van der Waals surface area contributed by atoms with Gasteiger partial charge in [0.05, 0.1) is 13.2 Å². The third kappa shape index (κ3) is 3.24. The van der Waals surface area contributed by atoms with E-state index in [1.807, 2.05) is 30.3 Å². The summed E-state index contributed by atoms with van der Waals surface area (Å²) in [5, 5.41) is 0. The van der Waals surface area contributed by atoms with E-state index in [-0.39, 0.29) is 17.6 Å². The lowest BCUT2D eigenvalue weighted by molar-refractivity contribution is -0.928. The van der Waals surface area contributed by atoms with Crippen LogP contribution in [0.3, 0.4) is 0 Å². The Balaban J connectivity index is 1.93. The van der Waals surface area contributed by atoms with Gasteiger partial charge in [-0.15, -0.1) is 0 Å². The van der Waals surface area contributed by atoms with Gasteiger partial charge in [0, 0.05) is 11.1 Å². The number of benzene rings is 2. The minimum Gasteiger partial charge on any atom is -0.370 e. The van der Waals surface area contributed by atoms with E-state index in [0.29, 0.717) is 18.8 Å². The van der Waals surface area contributed by atoms with Gasteiger partial charge in [-0.3, -0.25) is 4.79 Å². The molecule has 22 heavy (non-hydrogen) atoms. The Kier molecular flexibility index (Phi) is 4.61. The average molecular weight is 300 g/mol. The number of quaternary nitrogens is 1. The van der Waals surface area contributed by atoms with Gasteiger partial charge in [0.25, 0.3) is 0 Å². The van der Waals surface area contributed by atoms with E-state index in [9.17, 15) is 9.18 Å². The van der Waals surface area contributed by atoms with E-state index in [2.05, 4.69) is 0 Å². The Morgan fingerprint density at radius 2 is 1.64 bits per heavy atom. The molecule has 1 aliphatic heterocycles. The smallest absolute Gasteiger partial charge is 0.224 e. The Morgan fingerprint density at radius 3 is 2.27 bits per heavy atom. The maximum absolute atomic E-state index is 13.1. The van der Waals surface area contributed by atoms with Gasteiger partial charge in [-0.1, -0.05) is 30.3 Å². The van der Waals surface area contributed by atoms with Crippen molar-refractivity contribution in [3.8, 4) is 0 Å². The fourth-order valence-corrected chi connectivity index (χ4v) is 2.92. The maximum Gasteiger partial charge on any atom is 0.224 e. The van der Waals surface area contributed by atoms with Crippen LogP contribution in [0, 0.1) is 5.82 Å². The quantitative estimate of drug-likeness (QED) is 0.871. The SMILES string of the molecule is O=C(c1ccc(F)cc1)[C@H](c1ccccc1)[NH+]1CCOCC1. The lowest BCUT2D eigenvalue weighted by Crippen LogP contribution is -3.15. The van der Waals surface area contributed by atoms with Crippen molar-refractivity contribution in [3.05, 3.63) is 71.5 Å². The second kappa shape index (κ2) is 6.81. The summed E-state index contributed by atoms with van der Waals surface area (Å²) in [4.78, 5) is 14.2. The first-order chi connectivity index (χ1) is 10.8. The molecule has 0 amide bonds. The Hall–Kier alpha value is -2.04. The molecule has 2 aromatic carbocycles. The van der Waals surface area contributed by atoms with E-state index >= 15 is 0 Å². The van der Waals surface area contributed by atoms with Crippen molar-refractivity contribution in [2.45, 2.75) is 6.04 Å². The van der Waals surface area contributed by atoms with Crippen molar-refractivity contribution >= 4 is 5.78 Å². The largest absolute Gasteiger partial charge is 0.370 e. The average Bonchev–Trinajstić information content (AvgIpc) is 2.57. The molecule has 0 aliphatic carbocycles. The summed E-state index contributed by atoms with van der Waals surface area (Å²) in [6.45, 7) is 2.92. The molecule has 0 unspecified atom stereocenters. The molecule has 4 heteroatoms. The van der Waals surface area contributed by atoms with Crippen molar-refractivity contribution in [1.82, 2.24) is 0 Å². The third-order valence-electron chi connectivity index (χ3n) is 4.07. The first-order valence-corrected chi connectivity index (χ1v) is 7.53. The topological polar surface area (TPSA) is 30.7 Å². The fraction of sp³-hybridized carbons (Fsp3) is 0.278. The van der Waals surface area contributed by atoms with Crippen molar-refractivity contribution in [3.63, 3.8) is 0 Å². The zero-order chi connectivity index (χ0) is 15.4. The molecule has 1 saturated heterocycles. The molecular weight excluding hydrogens is 281 g/mol. The molecule has 1 aliphatic rings. The summed E-state index contributed by atoms with van der Waals surface area (Å²) in [6.07, 6.45) is 0. The Morgan fingerprint density at radius 1 is 1.00 bits per heavy atom. The van der Waals surface area contributed by atoms with Crippen LogP contribution in [0.25, 0.3) is 0 Å². The number of carbonyl (C=O) groups is 1. The van der Waals surface area contributed by atoms with Crippen LogP contribution in [-0.4, -0.2) is 32.1 Å². The van der Waals surface area contributed by atoms with Crippen LogP contribution in [-0.2, 0) is 4.74 Å². The third-order valence-corrected chi connectivity index (χ3v) is 4.07. The number of rotatable bonds is 4. The first kappa shape index (κ1) is 14.9. The lowest BCUT2D eigenvalue weighted by Gasteiger charge is -2.30. The molecule has 1 N–H and O–H groups in total. The van der Waals surface area contributed by atoms with Gasteiger partial charge < -0.3 is 9.64 Å². The zero-order valence-corrected chi connectivity index (χ0v) is 12.3. The van der Waals surface area contributed by atoms with E-state index < -0.39 is 0 Å². The number of hydrogen-bond acceptors (Lipinski definition) is 2. The summed E-state index contributed by atoms with van der Waals surface area (Å²) in [7, 11) is 0. The number of hydrogen-bond donors (Lipinski definition) is 1. The minimum absolute atomic E-state index is 0.0306. The first-order valence-electron chi connectivity index (χ1n) is 7.53. The monoisotopic (exact) mass is 300 g/mol. The Bertz CT molecular complexity index is 621. The molecule has 0 bridgehead atoms. The van der Waals surface area contributed by atoms with Gasteiger partial charge in [-0.05, 0) is 24.3 Å². The van der Waals surface area contributed by atoms with Crippen LogP contribution in [0.1, 0.15) is 22.0 Å². The van der Waals surface area contributed by atoms with Gasteiger partial charge in [0.15, 0.2) is 6.04 Å². The molecule has 1 atom stereocenters. The van der Waals surface area contributed by atoms with Crippen LogP contribution >= 0.6 is 0 Å². The highest BCUT2D eigenvalue weighted by atomic mass is 19.1. The molecule has 114 valence electrons. The van der Waals surface area contributed by atoms with Crippen LogP contribution in [0.4, 0.5) is 4.39 Å². The lowest BCUT2D eigenvalue weighted by atomic mass is 9.95. The predicted molar refractivity (Wildman–Crippen MR) is 81.4 cm³/mol. The number of ether oxygens (including phenoxy) is 1. The van der Waals surface area contributed by atoms with Crippen molar-refractivity contribution in [1.29, 1.82) is 0 Å². The number of nitrogens with one attached hydrogen (secondary N) is 1. The van der Waals surface area contributed by atoms with Crippen LogP contribution < -0.4 is 4.90 Å². The molecule has 1 fully saturated rings. The van der Waals surface area contributed by atoms with Crippen LogP contribution in [0.5, 0.6) is 0 Å². The predicted octanol–water partition coefficient (Wildman–Crippen LogP) is 1.66. The van der Waals surface area contributed by atoms with Crippen LogP contribution in [0.2, 0.25) is 0 Å². The molecule has 3 rings (SSSR count). The molecular formula is C18H19FNO2+. The number of Topliss-reactive ketones (excluding diaryl/α,β-unsaturated/α-hetero) is 1. The van der Waals surface area contributed by atoms with Gasteiger partial charge in [0.2, 0.25) is 5.78 Å². The molecule has 0 saturated carbocycles. The Labute approximate surface area is 129 Å². The van der Waals surface area contributed by atoms with Gasteiger partial charge >= 0.3 is 0 Å². The number of halogens is 1. The molecule has 2 aromatic rings. The molecule has 3 nitrogen and oxygen atoms in total. The van der Waals surface area contributed by atoms with E-state index in [4.69, 9.17) is 4.74 Å². The second-order valence-electron chi connectivity index (χ2n) is 5.49. The number of carbonyl (C=O) groups excluding carboxylic acids is 1. The molecule has 0 aromatic heterocycles. The zero-order valence-electron chi connectivity index (χ0n) is 12.3. The van der Waals surface area contributed by atoms with Gasteiger partial charge in [-0.2, -0.15) is 0 Å². The summed E-state index contributed by atoms with van der Waals surface area (Å²) in [5.74, 6) is -0.297. The highest BCUT2D eigenvalue weighted by Gasteiger charge is 2.33. The van der Waals surface area contributed by atoms with Gasteiger partial charge in [-0.25, -0.2) is 4.39 Å². The van der Waals surface area contributed by atoms with Crippen molar-refractivity contribution in [2.24, 2.45) is 0 Å². The van der Waals surface area contributed by atoms with E-state index in [1.165, 1.54) is 17.0 Å². The molecule has 0 spiro atoms. The van der Waals surface area contributed by atoms with Crippen LogP contribution in [0.15, 0.2) is 54.6 Å². The molecule has 1 heterocycles. The van der Waals surface area contributed by atoms with Gasteiger partial charge in [0.1, 0.15) is 18.9 Å². The summed E-state index contributed by atoms with van der Waals surface area (Å²) in [5.41, 5.74) is 1.54. The van der Waals surface area contributed by atoms with E-state index in [1.54, 1.807) is 12.1 Å². The van der Waals surface area contributed by atoms with Crippen molar-refractivity contribution in [2.75, 3.05) is 26.3 Å². The second-order valence-corrected chi connectivity index (χ2v) is 5.49. The minimum atomic E-state index is -0.327. The normalized spacial score (nSPS) is 17.1. The summed E-state index contributed by atoms with van der Waals surface area (Å²) < 4.78 is 18.5. The fourth-order valence-electron chi connectivity index (χ4n) is 2.92. The standard InChI is InChI=1S/C18H18FNO2/c19-16-8-6-15(7-9-16)18(21)17(14-4-2-1-3-5-14)20-10-12-22-13-11-20/h1-9,17H,10-13H2/p+1/t17-/m0/s1. The highest BCUT2D eigenvalue weighted by Crippen LogP contribution is 2.17. The maximum atomic E-state index is 13.1. The summed E-state index contributed by atoms with van der Waals surface area (Å²) in [6, 6.07) is 15.3. The highest BCUT2D eigenvalue weighted by molar-refractivity contribution is 5.99. The van der Waals surface area contributed by atoms with E-state index in [0.717, 1.165) is 18.7 Å². The summed E-state index contributed by atoms with van der Waals surface area (Å²) >= 11 is 0. The number of morpholine rings is 1.